The molecule has 0 unspecified atom stereocenters. The van der Waals surface area contributed by atoms with Crippen molar-refractivity contribution in [1.29, 1.82) is 0 Å². The van der Waals surface area contributed by atoms with Crippen LogP contribution in [0, 0.1) is 0 Å². The number of carbonyl (C=O) groups is 2. The molecule has 136 valence electrons. The van der Waals surface area contributed by atoms with Crippen molar-refractivity contribution in [1.82, 2.24) is 4.90 Å². The van der Waals surface area contributed by atoms with Gasteiger partial charge in [-0.3, -0.25) is 9.59 Å². The summed E-state index contributed by atoms with van der Waals surface area (Å²) in [6, 6.07) is 14.1. The van der Waals surface area contributed by atoms with Crippen molar-refractivity contribution in [3.8, 4) is 0 Å². The first-order chi connectivity index (χ1) is 12.5. The number of ether oxygens (including phenoxy) is 1. The van der Waals surface area contributed by atoms with Gasteiger partial charge in [0, 0.05) is 17.1 Å². The van der Waals surface area contributed by atoms with E-state index in [2.05, 4.69) is 0 Å². The van der Waals surface area contributed by atoms with E-state index >= 15 is 0 Å². The molecule has 0 radical (unpaired) electrons. The summed E-state index contributed by atoms with van der Waals surface area (Å²) < 4.78 is 5.89. The van der Waals surface area contributed by atoms with Crippen LogP contribution in [0.4, 0.5) is 0 Å². The van der Waals surface area contributed by atoms with Crippen LogP contribution in [-0.2, 0) is 16.0 Å². The van der Waals surface area contributed by atoms with Gasteiger partial charge in [0.15, 0.2) is 0 Å². The number of carboxylic acids is 1. The number of carbonyl (C=O) groups excluding carboxylic acids is 1. The first-order valence-corrected chi connectivity index (χ1v) is 8.82. The molecule has 5 nitrogen and oxygen atoms in total. The summed E-state index contributed by atoms with van der Waals surface area (Å²) in [5.74, 6) is -1.05. The lowest BCUT2D eigenvalue weighted by Gasteiger charge is -2.39. The first kappa shape index (κ1) is 18.4. The van der Waals surface area contributed by atoms with Crippen LogP contribution >= 0.6 is 11.6 Å². The average molecular weight is 374 g/mol. The minimum atomic E-state index is -0.921. The maximum Gasteiger partial charge on any atom is 0.307 e. The molecule has 6 heteroatoms. The van der Waals surface area contributed by atoms with Crippen LogP contribution in [0.25, 0.3) is 0 Å². The van der Waals surface area contributed by atoms with Gasteiger partial charge in [-0.2, -0.15) is 0 Å². The summed E-state index contributed by atoms with van der Waals surface area (Å²) in [6.07, 6.45) is -0.362. The molecule has 0 aromatic heterocycles. The Labute approximate surface area is 157 Å². The molecular weight excluding hydrogens is 354 g/mol. The van der Waals surface area contributed by atoms with E-state index in [0.29, 0.717) is 29.3 Å². The highest BCUT2D eigenvalue weighted by Gasteiger charge is 2.33. The molecule has 1 aliphatic heterocycles. The monoisotopic (exact) mass is 373 g/mol. The van der Waals surface area contributed by atoms with E-state index in [1.54, 1.807) is 35.2 Å². The Morgan fingerprint density at radius 1 is 1.23 bits per heavy atom. The number of hydrogen-bond donors (Lipinski definition) is 1. The fourth-order valence-electron chi connectivity index (χ4n) is 3.28. The van der Waals surface area contributed by atoms with Crippen molar-refractivity contribution in [3.05, 3.63) is 70.2 Å². The Kier molecular flexibility index (Phi) is 5.59. The average Bonchev–Trinajstić information content (AvgIpc) is 2.61. The van der Waals surface area contributed by atoms with Gasteiger partial charge >= 0.3 is 5.97 Å². The highest BCUT2D eigenvalue weighted by molar-refractivity contribution is 6.30. The molecule has 0 saturated carbocycles. The Morgan fingerprint density at radius 3 is 2.73 bits per heavy atom. The van der Waals surface area contributed by atoms with E-state index in [-0.39, 0.29) is 24.5 Å². The topological polar surface area (TPSA) is 66.8 Å². The van der Waals surface area contributed by atoms with Crippen LogP contribution in [0.15, 0.2) is 48.5 Å². The van der Waals surface area contributed by atoms with Gasteiger partial charge in [-0.25, -0.2) is 0 Å². The van der Waals surface area contributed by atoms with E-state index < -0.39 is 5.97 Å². The maximum absolute atomic E-state index is 13.0. The molecule has 1 heterocycles. The molecule has 1 fully saturated rings. The smallest absolute Gasteiger partial charge is 0.307 e. The normalized spacial score (nSPS) is 20.0. The Bertz CT molecular complexity index is 823. The van der Waals surface area contributed by atoms with Crippen LogP contribution in [0.2, 0.25) is 5.02 Å². The van der Waals surface area contributed by atoms with Crippen molar-refractivity contribution in [2.75, 3.05) is 13.2 Å². The van der Waals surface area contributed by atoms with Crippen LogP contribution in [0.1, 0.15) is 34.5 Å². The van der Waals surface area contributed by atoms with Crippen LogP contribution < -0.4 is 0 Å². The second-order valence-corrected chi connectivity index (χ2v) is 6.79. The molecule has 1 saturated heterocycles. The van der Waals surface area contributed by atoms with Gasteiger partial charge in [-0.05, 0) is 42.3 Å². The largest absolute Gasteiger partial charge is 0.481 e. The number of hydrogen-bond acceptors (Lipinski definition) is 3. The number of benzene rings is 2. The number of morpholine rings is 1. The van der Waals surface area contributed by atoms with Crippen LogP contribution in [0.3, 0.4) is 0 Å². The summed E-state index contributed by atoms with van der Waals surface area (Å²) in [6.45, 7) is 2.87. The van der Waals surface area contributed by atoms with E-state index in [4.69, 9.17) is 21.4 Å². The minimum Gasteiger partial charge on any atom is -0.481 e. The van der Waals surface area contributed by atoms with E-state index in [1.807, 2.05) is 25.1 Å². The highest BCUT2D eigenvalue weighted by atomic mass is 35.5. The molecule has 0 bridgehead atoms. The van der Waals surface area contributed by atoms with Gasteiger partial charge in [-0.15, -0.1) is 0 Å². The Hall–Kier alpha value is -2.37. The third-order valence-corrected chi connectivity index (χ3v) is 4.76. The molecule has 3 rings (SSSR count). The van der Waals surface area contributed by atoms with Gasteiger partial charge in [0.2, 0.25) is 0 Å². The zero-order chi connectivity index (χ0) is 18.7. The maximum atomic E-state index is 13.0. The predicted octanol–water partition coefficient (Wildman–Crippen LogP) is 3.57. The van der Waals surface area contributed by atoms with E-state index in [1.165, 1.54) is 0 Å². The number of nitrogens with zero attached hydrogens (tertiary/aromatic N) is 1. The molecule has 0 aliphatic carbocycles. The summed E-state index contributed by atoms with van der Waals surface area (Å²) in [5, 5.41) is 9.58. The number of amides is 1. The van der Waals surface area contributed by atoms with Crippen molar-refractivity contribution in [2.24, 2.45) is 0 Å². The molecule has 2 aromatic carbocycles. The van der Waals surface area contributed by atoms with Crippen molar-refractivity contribution >= 4 is 23.5 Å². The molecule has 0 spiro atoms. The van der Waals surface area contributed by atoms with Gasteiger partial charge in [0.25, 0.3) is 5.91 Å². The summed E-state index contributed by atoms with van der Waals surface area (Å²) >= 11 is 6.08. The third kappa shape index (κ3) is 4.06. The molecule has 1 N–H and O–H groups in total. The molecule has 2 atom stereocenters. The lowest BCUT2D eigenvalue weighted by molar-refractivity contribution is -0.136. The summed E-state index contributed by atoms with van der Waals surface area (Å²) in [7, 11) is 0. The van der Waals surface area contributed by atoms with Crippen molar-refractivity contribution in [3.63, 3.8) is 0 Å². The van der Waals surface area contributed by atoms with Crippen molar-refractivity contribution in [2.45, 2.75) is 25.5 Å². The molecule has 26 heavy (non-hydrogen) atoms. The second kappa shape index (κ2) is 7.89. The summed E-state index contributed by atoms with van der Waals surface area (Å²) in [5.41, 5.74) is 2.03. The second-order valence-electron chi connectivity index (χ2n) is 6.36. The number of halogens is 1. The van der Waals surface area contributed by atoms with E-state index in [9.17, 15) is 9.59 Å². The standard InChI is InChI=1S/C20H20ClNO4/c1-13-19(15-5-3-7-17(21)12-15)26-9-8-22(13)20(25)16-6-2-4-14(10-16)11-18(23)24/h2-7,10,12-13,19H,8-9,11H2,1H3,(H,23,24)/t13-,19+/m1/s1. The number of rotatable bonds is 4. The van der Waals surface area contributed by atoms with Crippen LogP contribution in [0.5, 0.6) is 0 Å². The first-order valence-electron chi connectivity index (χ1n) is 8.44. The van der Waals surface area contributed by atoms with Gasteiger partial charge in [0.05, 0.1) is 19.1 Å². The Morgan fingerprint density at radius 2 is 2.00 bits per heavy atom. The van der Waals surface area contributed by atoms with Crippen LogP contribution in [-0.4, -0.2) is 41.1 Å². The lowest BCUT2D eigenvalue weighted by Crippen LogP contribution is -2.48. The molecule has 1 amide bonds. The molecule has 2 aromatic rings. The quantitative estimate of drug-likeness (QED) is 0.889. The SMILES string of the molecule is C[C@@H]1[C@@H](c2cccc(Cl)c2)OCCN1C(=O)c1cccc(CC(=O)O)c1. The fraction of sp³-hybridized carbons (Fsp3) is 0.300. The van der Waals surface area contributed by atoms with Gasteiger partial charge < -0.3 is 14.7 Å². The Balaban J connectivity index is 1.82. The fourth-order valence-corrected chi connectivity index (χ4v) is 3.48. The lowest BCUT2D eigenvalue weighted by atomic mass is 9.99. The highest BCUT2D eigenvalue weighted by Crippen LogP contribution is 2.30. The molecule has 1 aliphatic rings. The molecular formula is C20H20ClNO4. The number of carboxylic acid groups (broad SMARTS) is 1. The third-order valence-electron chi connectivity index (χ3n) is 4.53. The summed E-state index contributed by atoms with van der Waals surface area (Å²) in [4.78, 5) is 25.7. The van der Waals surface area contributed by atoms with E-state index in [0.717, 1.165) is 5.56 Å². The van der Waals surface area contributed by atoms with Gasteiger partial charge in [0.1, 0.15) is 6.10 Å². The number of aliphatic carboxylic acids is 1. The predicted molar refractivity (Wildman–Crippen MR) is 98.4 cm³/mol. The van der Waals surface area contributed by atoms with Gasteiger partial charge in [-0.1, -0.05) is 35.9 Å². The zero-order valence-electron chi connectivity index (χ0n) is 14.4. The minimum absolute atomic E-state index is 0.106. The zero-order valence-corrected chi connectivity index (χ0v) is 15.1. The van der Waals surface area contributed by atoms with Crippen molar-refractivity contribution < 1.29 is 19.4 Å².